The van der Waals surface area contributed by atoms with E-state index >= 15 is 0 Å². The lowest BCUT2D eigenvalue weighted by molar-refractivity contribution is -0.142. The largest absolute Gasteiger partial charge is 0.508 e. The van der Waals surface area contributed by atoms with Crippen molar-refractivity contribution < 1.29 is 29.4 Å². The number of hydrogen-bond acceptors (Lipinski definition) is 7. The van der Waals surface area contributed by atoms with Crippen molar-refractivity contribution in [1.29, 1.82) is 0 Å². The summed E-state index contributed by atoms with van der Waals surface area (Å²) in [5.41, 5.74) is 5.86. The van der Waals surface area contributed by atoms with Gasteiger partial charge in [-0.1, -0.05) is 26.0 Å². The molecule has 3 unspecified atom stereocenters. The van der Waals surface area contributed by atoms with Crippen LogP contribution < -0.4 is 21.7 Å². The SMILES string of the molecule is CC(C)C(NC(=O)CN)C(=O)NC(CS)C(=O)NC(Cc1ccc(O)cc1)C(=O)O. The van der Waals surface area contributed by atoms with Crippen molar-refractivity contribution in [3.05, 3.63) is 29.8 Å². The van der Waals surface area contributed by atoms with E-state index in [0.717, 1.165) is 0 Å². The van der Waals surface area contributed by atoms with Crippen LogP contribution in [0, 0.1) is 5.92 Å². The van der Waals surface area contributed by atoms with E-state index in [1.807, 2.05) is 0 Å². The molecule has 0 heterocycles. The zero-order valence-electron chi connectivity index (χ0n) is 16.8. The van der Waals surface area contributed by atoms with Crippen molar-refractivity contribution >= 4 is 36.3 Å². The van der Waals surface area contributed by atoms with E-state index < -0.39 is 41.8 Å². The topological polar surface area (TPSA) is 171 Å². The zero-order valence-corrected chi connectivity index (χ0v) is 17.7. The van der Waals surface area contributed by atoms with Gasteiger partial charge in [0, 0.05) is 12.2 Å². The highest BCUT2D eigenvalue weighted by Gasteiger charge is 2.30. The number of aromatic hydroxyl groups is 1. The summed E-state index contributed by atoms with van der Waals surface area (Å²) in [7, 11) is 0. The minimum Gasteiger partial charge on any atom is -0.508 e. The first-order valence-corrected chi connectivity index (χ1v) is 9.94. The molecule has 0 aliphatic carbocycles. The second-order valence-electron chi connectivity index (χ2n) is 7.01. The van der Waals surface area contributed by atoms with Crippen LogP contribution >= 0.6 is 12.6 Å². The van der Waals surface area contributed by atoms with Gasteiger partial charge in [0.25, 0.3) is 0 Å². The Hall–Kier alpha value is -2.79. The highest BCUT2D eigenvalue weighted by molar-refractivity contribution is 7.80. The number of thiol groups is 1. The molecular weight excluding hydrogens is 412 g/mol. The van der Waals surface area contributed by atoms with Gasteiger partial charge in [-0.25, -0.2) is 4.79 Å². The molecule has 0 spiro atoms. The number of benzene rings is 1. The molecule has 3 amide bonds. The van der Waals surface area contributed by atoms with E-state index in [2.05, 4.69) is 28.6 Å². The summed E-state index contributed by atoms with van der Waals surface area (Å²) in [6.45, 7) is 3.15. The predicted molar refractivity (Wildman–Crippen MR) is 113 cm³/mol. The number of amides is 3. The standard InChI is InChI=1S/C19H28N4O6S/c1-10(2)16(23-15(25)8-20)18(27)22-14(9-30)17(26)21-13(19(28)29)7-11-3-5-12(24)6-4-11/h3-6,10,13-14,16,24,30H,7-9,20H2,1-2H3,(H,21,26)(H,22,27)(H,23,25)(H,28,29). The average molecular weight is 441 g/mol. The van der Waals surface area contributed by atoms with Gasteiger partial charge >= 0.3 is 5.97 Å². The lowest BCUT2D eigenvalue weighted by atomic mass is 10.0. The Labute approximate surface area is 180 Å². The normalized spacial score (nSPS) is 13.8. The molecular formula is C19H28N4O6S. The van der Waals surface area contributed by atoms with Gasteiger partial charge in [-0.05, 0) is 23.6 Å². The van der Waals surface area contributed by atoms with Crippen molar-refractivity contribution in [2.75, 3.05) is 12.3 Å². The fourth-order valence-electron chi connectivity index (χ4n) is 2.56. The summed E-state index contributed by atoms with van der Waals surface area (Å²) in [4.78, 5) is 48.2. The molecule has 0 radical (unpaired) electrons. The first-order chi connectivity index (χ1) is 14.1. The Kier molecular flexibility index (Phi) is 10.1. The third-order valence-corrected chi connectivity index (χ3v) is 4.62. The van der Waals surface area contributed by atoms with Crippen LogP contribution in [0.15, 0.2) is 24.3 Å². The second kappa shape index (κ2) is 12.0. The summed E-state index contributed by atoms with van der Waals surface area (Å²) >= 11 is 4.06. The number of rotatable bonds is 11. The third-order valence-electron chi connectivity index (χ3n) is 4.26. The third kappa shape index (κ3) is 7.91. The minimum absolute atomic E-state index is 0.0181. The summed E-state index contributed by atoms with van der Waals surface area (Å²) in [6, 6.07) is 2.63. The van der Waals surface area contributed by atoms with Gasteiger partial charge in [0.05, 0.1) is 6.54 Å². The van der Waals surface area contributed by atoms with Crippen LogP contribution in [0.1, 0.15) is 19.4 Å². The fraction of sp³-hybridized carbons (Fsp3) is 0.474. The molecule has 0 bridgehead atoms. The molecule has 0 aliphatic heterocycles. The van der Waals surface area contributed by atoms with Crippen LogP contribution in [0.5, 0.6) is 5.75 Å². The van der Waals surface area contributed by atoms with Crippen molar-refractivity contribution in [2.45, 2.75) is 38.4 Å². The van der Waals surface area contributed by atoms with E-state index in [4.69, 9.17) is 5.73 Å². The number of carboxylic acid groups (broad SMARTS) is 1. The minimum atomic E-state index is -1.25. The number of hydrogen-bond donors (Lipinski definition) is 7. The molecule has 3 atom stereocenters. The Balaban J connectivity index is 2.83. The van der Waals surface area contributed by atoms with Gasteiger partial charge in [-0.2, -0.15) is 12.6 Å². The zero-order chi connectivity index (χ0) is 22.8. The summed E-state index contributed by atoms with van der Waals surface area (Å²) < 4.78 is 0. The van der Waals surface area contributed by atoms with E-state index in [1.54, 1.807) is 26.0 Å². The smallest absolute Gasteiger partial charge is 0.326 e. The molecule has 7 N–H and O–H groups in total. The lowest BCUT2D eigenvalue weighted by Crippen LogP contribution is -2.58. The molecule has 0 saturated heterocycles. The number of carboxylic acids is 1. The van der Waals surface area contributed by atoms with E-state index in [9.17, 15) is 29.4 Å². The van der Waals surface area contributed by atoms with Crippen LogP contribution in [0.2, 0.25) is 0 Å². The van der Waals surface area contributed by atoms with E-state index in [-0.39, 0.29) is 30.4 Å². The molecule has 11 heteroatoms. The first kappa shape index (κ1) is 25.2. The Bertz CT molecular complexity index is 756. The molecule has 0 saturated carbocycles. The van der Waals surface area contributed by atoms with Gasteiger partial charge in [0.15, 0.2) is 0 Å². The van der Waals surface area contributed by atoms with Crippen molar-refractivity contribution in [3.8, 4) is 5.75 Å². The molecule has 166 valence electrons. The van der Waals surface area contributed by atoms with Gasteiger partial charge in [0.1, 0.15) is 23.9 Å². The van der Waals surface area contributed by atoms with Crippen LogP contribution in [0.4, 0.5) is 0 Å². The highest BCUT2D eigenvalue weighted by atomic mass is 32.1. The fourth-order valence-corrected chi connectivity index (χ4v) is 2.82. The monoisotopic (exact) mass is 440 g/mol. The molecule has 1 aromatic rings. The number of carbonyl (C=O) groups is 4. The van der Waals surface area contributed by atoms with Crippen LogP contribution in [-0.2, 0) is 25.6 Å². The van der Waals surface area contributed by atoms with Gasteiger partial charge in [0.2, 0.25) is 17.7 Å². The summed E-state index contributed by atoms with van der Waals surface area (Å²) in [5, 5.41) is 26.1. The maximum atomic E-state index is 12.6. The summed E-state index contributed by atoms with van der Waals surface area (Å²) in [6.07, 6.45) is -0.0181. The number of aliphatic carboxylic acids is 1. The number of phenols is 1. The highest BCUT2D eigenvalue weighted by Crippen LogP contribution is 2.12. The number of carbonyl (C=O) groups excluding carboxylic acids is 3. The predicted octanol–water partition coefficient (Wildman–Crippen LogP) is -0.982. The molecule has 30 heavy (non-hydrogen) atoms. The van der Waals surface area contributed by atoms with Gasteiger partial charge < -0.3 is 31.9 Å². The molecule has 0 aromatic heterocycles. The Morgan fingerprint density at radius 1 is 1.00 bits per heavy atom. The average Bonchev–Trinajstić information content (AvgIpc) is 2.70. The van der Waals surface area contributed by atoms with E-state index in [0.29, 0.717) is 5.56 Å². The molecule has 0 fully saturated rings. The van der Waals surface area contributed by atoms with Crippen LogP contribution in [0.3, 0.4) is 0 Å². The van der Waals surface area contributed by atoms with Crippen molar-refractivity contribution in [2.24, 2.45) is 11.7 Å². The lowest BCUT2D eigenvalue weighted by Gasteiger charge is -2.25. The molecule has 10 nitrogen and oxygen atoms in total. The molecule has 0 aliphatic rings. The van der Waals surface area contributed by atoms with Gasteiger partial charge in [-0.3, -0.25) is 14.4 Å². The Morgan fingerprint density at radius 2 is 1.57 bits per heavy atom. The maximum Gasteiger partial charge on any atom is 0.326 e. The first-order valence-electron chi connectivity index (χ1n) is 9.30. The van der Waals surface area contributed by atoms with Crippen LogP contribution in [0.25, 0.3) is 0 Å². The maximum absolute atomic E-state index is 12.6. The van der Waals surface area contributed by atoms with E-state index in [1.165, 1.54) is 12.1 Å². The summed E-state index contributed by atoms with van der Waals surface area (Å²) in [5.74, 6) is -3.42. The number of nitrogens with two attached hydrogens (primary N) is 1. The number of nitrogens with one attached hydrogen (secondary N) is 3. The number of phenolic OH excluding ortho intramolecular Hbond substituents is 1. The second-order valence-corrected chi connectivity index (χ2v) is 7.37. The Morgan fingerprint density at radius 3 is 2.03 bits per heavy atom. The van der Waals surface area contributed by atoms with Gasteiger partial charge in [-0.15, -0.1) is 0 Å². The van der Waals surface area contributed by atoms with Crippen molar-refractivity contribution in [3.63, 3.8) is 0 Å². The van der Waals surface area contributed by atoms with Crippen molar-refractivity contribution in [1.82, 2.24) is 16.0 Å². The van der Waals surface area contributed by atoms with Crippen LogP contribution in [-0.4, -0.2) is 64.3 Å². The molecule has 1 rings (SSSR count). The quantitative estimate of drug-likeness (QED) is 0.217. The molecule has 1 aromatic carbocycles.